The topological polar surface area (TPSA) is 76.8 Å². The van der Waals surface area contributed by atoms with Crippen LogP contribution in [0.15, 0.2) is 34.3 Å². The Labute approximate surface area is 157 Å². The lowest BCUT2D eigenvalue weighted by atomic mass is 9.92. The molecule has 1 fully saturated rings. The SMILES string of the molecule is Cc1ccccc1C1=NOC2CN(S(=O)(=O)c3c(C)nn(C)c3Cl)CC12. The average Bonchev–Trinajstić information content (AvgIpc) is 3.22. The molecular weight excluding hydrogens is 376 g/mol. The van der Waals surface area contributed by atoms with Gasteiger partial charge in [-0.15, -0.1) is 0 Å². The Morgan fingerprint density at radius 3 is 2.62 bits per heavy atom. The van der Waals surface area contributed by atoms with Crippen molar-refractivity contribution in [2.75, 3.05) is 13.1 Å². The molecule has 7 nitrogen and oxygen atoms in total. The van der Waals surface area contributed by atoms with Crippen LogP contribution in [0.1, 0.15) is 16.8 Å². The van der Waals surface area contributed by atoms with Gasteiger partial charge in [0.05, 0.1) is 23.9 Å². The Bertz CT molecular complexity index is 1020. The number of aromatic nitrogens is 2. The second kappa shape index (κ2) is 6.07. The number of hydrogen-bond donors (Lipinski definition) is 0. The number of aryl methyl sites for hydroxylation is 3. The van der Waals surface area contributed by atoms with Crippen molar-refractivity contribution in [3.63, 3.8) is 0 Å². The number of nitrogens with zero attached hydrogens (tertiary/aromatic N) is 4. The smallest absolute Gasteiger partial charge is 0.248 e. The average molecular weight is 395 g/mol. The molecule has 0 saturated carbocycles. The summed E-state index contributed by atoms with van der Waals surface area (Å²) in [5.74, 6) is -0.0957. The minimum Gasteiger partial charge on any atom is -0.390 e. The quantitative estimate of drug-likeness (QED) is 0.798. The first-order valence-electron chi connectivity index (χ1n) is 8.29. The standard InChI is InChI=1S/C17H19ClN4O3S/c1-10-6-4-5-7-12(10)15-13-8-22(9-14(13)25-20-15)26(23,24)16-11(2)19-21(3)17(16)18/h4-7,13-14H,8-9H2,1-3H3. The summed E-state index contributed by atoms with van der Waals surface area (Å²) >= 11 is 6.18. The second-order valence-electron chi connectivity index (χ2n) is 6.69. The molecule has 0 aliphatic carbocycles. The summed E-state index contributed by atoms with van der Waals surface area (Å²) in [7, 11) is -2.13. The molecule has 3 heterocycles. The highest BCUT2D eigenvalue weighted by atomic mass is 35.5. The van der Waals surface area contributed by atoms with E-state index in [4.69, 9.17) is 16.4 Å². The molecular formula is C17H19ClN4O3S. The van der Waals surface area contributed by atoms with E-state index in [0.29, 0.717) is 12.2 Å². The van der Waals surface area contributed by atoms with Crippen LogP contribution in [0.5, 0.6) is 0 Å². The minimum atomic E-state index is -3.75. The molecule has 1 saturated heterocycles. The van der Waals surface area contributed by atoms with Crippen LogP contribution in [0.3, 0.4) is 0 Å². The molecule has 2 atom stereocenters. The van der Waals surface area contributed by atoms with Crippen LogP contribution in [0, 0.1) is 19.8 Å². The van der Waals surface area contributed by atoms with Gasteiger partial charge in [-0.05, 0) is 19.4 Å². The zero-order chi connectivity index (χ0) is 18.6. The highest BCUT2D eigenvalue weighted by Crippen LogP contribution is 2.36. The molecule has 0 radical (unpaired) electrons. The van der Waals surface area contributed by atoms with Gasteiger partial charge in [-0.25, -0.2) is 8.42 Å². The summed E-state index contributed by atoms with van der Waals surface area (Å²) < 4.78 is 29.0. The van der Waals surface area contributed by atoms with Crippen molar-refractivity contribution in [3.05, 3.63) is 46.2 Å². The zero-order valence-corrected chi connectivity index (χ0v) is 16.3. The van der Waals surface area contributed by atoms with Crippen LogP contribution in [0.25, 0.3) is 0 Å². The first kappa shape index (κ1) is 17.5. The molecule has 0 spiro atoms. The van der Waals surface area contributed by atoms with Gasteiger partial charge in [0.25, 0.3) is 0 Å². The number of benzene rings is 1. The highest BCUT2D eigenvalue weighted by molar-refractivity contribution is 7.89. The molecule has 1 aromatic carbocycles. The maximum atomic E-state index is 13.1. The molecule has 2 aliphatic rings. The van der Waals surface area contributed by atoms with Gasteiger partial charge in [0.1, 0.15) is 10.0 Å². The lowest BCUT2D eigenvalue weighted by molar-refractivity contribution is 0.0803. The predicted molar refractivity (Wildman–Crippen MR) is 97.8 cm³/mol. The third-order valence-electron chi connectivity index (χ3n) is 4.99. The van der Waals surface area contributed by atoms with Crippen LogP contribution in [0.2, 0.25) is 5.15 Å². The van der Waals surface area contributed by atoms with E-state index >= 15 is 0 Å². The lowest BCUT2D eigenvalue weighted by Crippen LogP contribution is -2.31. The normalized spacial score (nSPS) is 23.0. The first-order valence-corrected chi connectivity index (χ1v) is 10.1. The molecule has 138 valence electrons. The largest absolute Gasteiger partial charge is 0.390 e. The van der Waals surface area contributed by atoms with Crippen molar-refractivity contribution in [2.45, 2.75) is 24.8 Å². The van der Waals surface area contributed by atoms with E-state index in [1.54, 1.807) is 14.0 Å². The fourth-order valence-corrected chi connectivity index (χ4v) is 5.82. The Kier molecular flexibility index (Phi) is 4.09. The third kappa shape index (κ3) is 2.55. The van der Waals surface area contributed by atoms with Crippen LogP contribution in [0.4, 0.5) is 0 Å². The first-order chi connectivity index (χ1) is 12.3. The Hall–Kier alpha value is -1.90. The molecule has 2 aliphatic heterocycles. The number of rotatable bonds is 3. The molecule has 26 heavy (non-hydrogen) atoms. The second-order valence-corrected chi connectivity index (χ2v) is 8.93. The monoisotopic (exact) mass is 394 g/mol. The van der Waals surface area contributed by atoms with E-state index in [1.165, 1.54) is 8.99 Å². The molecule has 0 amide bonds. The zero-order valence-electron chi connectivity index (χ0n) is 14.7. The third-order valence-corrected chi connectivity index (χ3v) is 7.52. The summed E-state index contributed by atoms with van der Waals surface area (Å²) in [4.78, 5) is 5.62. The molecule has 4 rings (SSSR count). The van der Waals surface area contributed by atoms with Gasteiger partial charge in [-0.3, -0.25) is 4.68 Å². The van der Waals surface area contributed by atoms with E-state index in [1.807, 2.05) is 31.2 Å². The highest BCUT2D eigenvalue weighted by Gasteiger charge is 2.48. The lowest BCUT2D eigenvalue weighted by Gasteiger charge is -2.17. The molecule has 2 unspecified atom stereocenters. The summed E-state index contributed by atoms with van der Waals surface area (Å²) in [6.45, 7) is 4.21. The Balaban J connectivity index is 1.65. The van der Waals surface area contributed by atoms with Crippen LogP contribution in [-0.2, 0) is 21.9 Å². The summed E-state index contributed by atoms with van der Waals surface area (Å²) in [6, 6.07) is 7.90. The number of fused-ring (bicyclic) bond motifs is 1. The summed E-state index contributed by atoms with van der Waals surface area (Å²) in [6.07, 6.45) is -0.282. The summed E-state index contributed by atoms with van der Waals surface area (Å²) in [5.41, 5.74) is 3.28. The molecule has 0 N–H and O–H groups in total. The number of oxime groups is 1. The fraction of sp³-hybridized carbons (Fsp3) is 0.412. The fourth-order valence-electron chi connectivity index (χ4n) is 3.64. The van der Waals surface area contributed by atoms with Crippen molar-refractivity contribution in [1.82, 2.24) is 14.1 Å². The predicted octanol–water partition coefficient (Wildman–Crippen LogP) is 2.11. The molecule has 0 bridgehead atoms. The van der Waals surface area contributed by atoms with Gasteiger partial charge >= 0.3 is 0 Å². The maximum Gasteiger partial charge on any atom is 0.248 e. The Morgan fingerprint density at radius 2 is 1.96 bits per heavy atom. The molecule has 9 heteroatoms. The molecule has 2 aromatic rings. The summed E-state index contributed by atoms with van der Waals surface area (Å²) in [5, 5.41) is 8.47. The van der Waals surface area contributed by atoms with Gasteiger partial charge < -0.3 is 4.84 Å². The van der Waals surface area contributed by atoms with Gasteiger partial charge in [-0.2, -0.15) is 9.40 Å². The van der Waals surface area contributed by atoms with Gasteiger partial charge in [0.15, 0.2) is 6.10 Å². The van der Waals surface area contributed by atoms with Crippen molar-refractivity contribution in [1.29, 1.82) is 0 Å². The van der Waals surface area contributed by atoms with E-state index in [9.17, 15) is 8.42 Å². The van der Waals surface area contributed by atoms with Crippen LogP contribution >= 0.6 is 11.6 Å². The van der Waals surface area contributed by atoms with Crippen molar-refractivity contribution >= 4 is 27.3 Å². The maximum absolute atomic E-state index is 13.1. The minimum absolute atomic E-state index is 0.0658. The number of halogens is 1. The van der Waals surface area contributed by atoms with Gasteiger partial charge in [0.2, 0.25) is 10.0 Å². The van der Waals surface area contributed by atoms with Crippen LogP contribution in [-0.4, -0.2) is 47.4 Å². The van der Waals surface area contributed by atoms with E-state index in [2.05, 4.69) is 10.3 Å². The van der Waals surface area contributed by atoms with Gasteiger partial charge in [-0.1, -0.05) is 41.0 Å². The molecule has 1 aromatic heterocycles. The Morgan fingerprint density at radius 1 is 1.23 bits per heavy atom. The number of sulfonamides is 1. The van der Waals surface area contributed by atoms with Crippen molar-refractivity contribution in [3.8, 4) is 0 Å². The van der Waals surface area contributed by atoms with Crippen molar-refractivity contribution < 1.29 is 13.3 Å². The van der Waals surface area contributed by atoms with Crippen molar-refractivity contribution in [2.24, 2.45) is 18.1 Å². The van der Waals surface area contributed by atoms with Crippen LogP contribution < -0.4 is 0 Å². The number of hydrogen-bond acceptors (Lipinski definition) is 5. The van der Waals surface area contributed by atoms with E-state index in [0.717, 1.165) is 16.8 Å². The van der Waals surface area contributed by atoms with E-state index < -0.39 is 10.0 Å². The van der Waals surface area contributed by atoms with Gasteiger partial charge in [0, 0.05) is 19.2 Å². The van der Waals surface area contributed by atoms with E-state index in [-0.39, 0.29) is 28.6 Å².